The van der Waals surface area contributed by atoms with Crippen molar-refractivity contribution in [2.24, 2.45) is 12.0 Å². The summed E-state index contributed by atoms with van der Waals surface area (Å²) in [7, 11) is 3.74. The van der Waals surface area contributed by atoms with Gasteiger partial charge in [0.05, 0.1) is 5.69 Å². The Hall–Kier alpha value is -2.37. The van der Waals surface area contributed by atoms with E-state index < -0.39 is 0 Å². The molecule has 0 aliphatic heterocycles. The molecule has 0 aliphatic carbocycles. The van der Waals surface area contributed by atoms with E-state index in [9.17, 15) is 4.39 Å². The Kier molecular flexibility index (Phi) is 6.56. The van der Waals surface area contributed by atoms with Gasteiger partial charge < -0.3 is 10.6 Å². The van der Waals surface area contributed by atoms with E-state index in [1.165, 1.54) is 23.4 Å². The minimum absolute atomic E-state index is 0.205. The molecule has 0 radical (unpaired) electrons. The van der Waals surface area contributed by atoms with Crippen LogP contribution >= 0.6 is 0 Å². The SMILES string of the molecule is CN=C(NCCc1ccc(F)cc1)NC(C)Cc1c(C)nn(C)c1C. The van der Waals surface area contributed by atoms with Crippen LogP contribution in [-0.2, 0) is 19.9 Å². The fourth-order valence-electron chi connectivity index (χ4n) is 2.87. The average Bonchev–Trinajstić information content (AvgIpc) is 2.82. The van der Waals surface area contributed by atoms with E-state index in [1.54, 1.807) is 7.05 Å². The summed E-state index contributed by atoms with van der Waals surface area (Å²) in [5.41, 5.74) is 4.65. The summed E-state index contributed by atoms with van der Waals surface area (Å²) in [6.45, 7) is 7.02. The van der Waals surface area contributed by atoms with Gasteiger partial charge in [-0.3, -0.25) is 9.67 Å². The second kappa shape index (κ2) is 8.65. The number of rotatable bonds is 6. The lowest BCUT2D eigenvalue weighted by Crippen LogP contribution is -2.43. The topological polar surface area (TPSA) is 54.2 Å². The predicted octanol–water partition coefficient (Wildman–Crippen LogP) is 2.51. The van der Waals surface area contributed by atoms with Gasteiger partial charge in [-0.2, -0.15) is 5.10 Å². The maximum Gasteiger partial charge on any atom is 0.191 e. The van der Waals surface area contributed by atoms with Gasteiger partial charge in [0.1, 0.15) is 5.82 Å². The molecule has 136 valence electrons. The standard InChI is InChI=1S/C19H28FN5/c1-13(12-18-14(2)24-25(5)15(18)3)23-19(21-4)22-11-10-16-6-8-17(20)9-7-16/h6-9,13H,10-12H2,1-5H3,(H2,21,22,23). The molecule has 0 saturated heterocycles. The third-order valence-corrected chi connectivity index (χ3v) is 4.40. The number of aliphatic imine (C=N–C) groups is 1. The maximum atomic E-state index is 12.9. The fourth-order valence-corrected chi connectivity index (χ4v) is 2.87. The number of benzene rings is 1. The van der Waals surface area contributed by atoms with E-state index in [1.807, 2.05) is 30.8 Å². The lowest BCUT2D eigenvalue weighted by atomic mass is 10.1. The highest BCUT2D eigenvalue weighted by Gasteiger charge is 2.13. The number of nitrogens with one attached hydrogen (secondary N) is 2. The zero-order chi connectivity index (χ0) is 18.4. The maximum absolute atomic E-state index is 12.9. The molecule has 5 nitrogen and oxygen atoms in total. The van der Waals surface area contributed by atoms with Crippen molar-refractivity contribution >= 4 is 5.96 Å². The van der Waals surface area contributed by atoms with Crippen LogP contribution in [0.15, 0.2) is 29.3 Å². The van der Waals surface area contributed by atoms with Crippen LogP contribution in [0.3, 0.4) is 0 Å². The van der Waals surface area contributed by atoms with E-state index in [4.69, 9.17) is 0 Å². The van der Waals surface area contributed by atoms with Gasteiger partial charge in [-0.25, -0.2) is 4.39 Å². The first-order chi connectivity index (χ1) is 11.9. The Bertz CT molecular complexity index is 718. The Morgan fingerprint density at radius 2 is 1.96 bits per heavy atom. The van der Waals surface area contributed by atoms with Gasteiger partial charge in [0.15, 0.2) is 5.96 Å². The molecule has 0 amide bonds. The highest BCUT2D eigenvalue weighted by Crippen LogP contribution is 2.14. The molecule has 25 heavy (non-hydrogen) atoms. The van der Waals surface area contributed by atoms with E-state index in [0.29, 0.717) is 0 Å². The van der Waals surface area contributed by atoms with Crippen LogP contribution in [0.5, 0.6) is 0 Å². The fraction of sp³-hybridized carbons (Fsp3) is 0.474. The van der Waals surface area contributed by atoms with E-state index in [0.717, 1.165) is 36.6 Å². The molecule has 0 spiro atoms. The number of hydrogen-bond acceptors (Lipinski definition) is 2. The largest absolute Gasteiger partial charge is 0.356 e. The second-order valence-corrected chi connectivity index (χ2v) is 6.40. The summed E-state index contributed by atoms with van der Waals surface area (Å²) >= 11 is 0. The summed E-state index contributed by atoms with van der Waals surface area (Å²) in [5.74, 6) is 0.567. The molecule has 0 aliphatic rings. The monoisotopic (exact) mass is 345 g/mol. The van der Waals surface area contributed by atoms with Crippen LogP contribution in [0.25, 0.3) is 0 Å². The van der Waals surface area contributed by atoms with Crippen molar-refractivity contribution in [3.63, 3.8) is 0 Å². The molecular formula is C19H28FN5. The van der Waals surface area contributed by atoms with Crippen LogP contribution < -0.4 is 10.6 Å². The van der Waals surface area contributed by atoms with Crippen LogP contribution in [-0.4, -0.2) is 35.4 Å². The van der Waals surface area contributed by atoms with Crippen molar-refractivity contribution < 1.29 is 4.39 Å². The molecule has 1 atom stereocenters. The molecule has 0 saturated carbocycles. The Morgan fingerprint density at radius 1 is 1.28 bits per heavy atom. The number of aromatic nitrogens is 2. The highest BCUT2D eigenvalue weighted by molar-refractivity contribution is 5.79. The highest BCUT2D eigenvalue weighted by atomic mass is 19.1. The smallest absolute Gasteiger partial charge is 0.191 e. The van der Waals surface area contributed by atoms with Gasteiger partial charge in [-0.15, -0.1) is 0 Å². The molecule has 1 aromatic carbocycles. The first kappa shape index (κ1) is 19.0. The molecule has 1 unspecified atom stereocenters. The zero-order valence-electron chi connectivity index (χ0n) is 15.7. The van der Waals surface area contributed by atoms with Crippen molar-refractivity contribution in [3.8, 4) is 0 Å². The number of halogens is 1. The molecular weight excluding hydrogens is 317 g/mol. The van der Waals surface area contributed by atoms with Gasteiger partial charge >= 0.3 is 0 Å². The summed E-state index contributed by atoms with van der Waals surface area (Å²) in [6, 6.07) is 6.83. The van der Waals surface area contributed by atoms with Crippen molar-refractivity contribution in [1.82, 2.24) is 20.4 Å². The predicted molar refractivity (Wildman–Crippen MR) is 100 cm³/mol. The zero-order valence-corrected chi connectivity index (χ0v) is 15.7. The van der Waals surface area contributed by atoms with Crippen LogP contribution in [0.1, 0.15) is 29.4 Å². The van der Waals surface area contributed by atoms with Gasteiger partial charge in [0.25, 0.3) is 0 Å². The van der Waals surface area contributed by atoms with Crippen molar-refractivity contribution in [2.45, 2.75) is 39.7 Å². The van der Waals surface area contributed by atoms with Gasteiger partial charge in [0, 0.05) is 32.4 Å². The summed E-state index contributed by atoms with van der Waals surface area (Å²) in [6.07, 6.45) is 1.71. The lowest BCUT2D eigenvalue weighted by Gasteiger charge is -2.18. The molecule has 1 heterocycles. The first-order valence-electron chi connectivity index (χ1n) is 8.61. The number of hydrogen-bond donors (Lipinski definition) is 2. The lowest BCUT2D eigenvalue weighted by molar-refractivity contribution is 0.626. The van der Waals surface area contributed by atoms with E-state index in [-0.39, 0.29) is 11.9 Å². The normalized spacial score (nSPS) is 13.0. The molecule has 6 heteroatoms. The molecule has 0 bridgehead atoms. The Balaban J connectivity index is 1.83. The minimum atomic E-state index is -0.205. The molecule has 2 aromatic rings. The van der Waals surface area contributed by atoms with Crippen LogP contribution in [0.2, 0.25) is 0 Å². The Labute approximate surface area is 149 Å². The molecule has 0 fully saturated rings. The van der Waals surface area contributed by atoms with Crippen LogP contribution in [0.4, 0.5) is 4.39 Å². The third-order valence-electron chi connectivity index (χ3n) is 4.40. The summed E-state index contributed by atoms with van der Waals surface area (Å²) < 4.78 is 14.8. The minimum Gasteiger partial charge on any atom is -0.356 e. The average molecular weight is 345 g/mol. The van der Waals surface area contributed by atoms with Gasteiger partial charge in [0.2, 0.25) is 0 Å². The summed E-state index contributed by atoms with van der Waals surface area (Å²) in [5, 5.41) is 11.2. The first-order valence-corrected chi connectivity index (χ1v) is 8.61. The molecule has 2 rings (SSSR count). The van der Waals surface area contributed by atoms with Crippen LogP contribution in [0, 0.1) is 19.7 Å². The van der Waals surface area contributed by atoms with Crippen molar-refractivity contribution in [2.75, 3.05) is 13.6 Å². The van der Waals surface area contributed by atoms with Crippen molar-refractivity contribution in [3.05, 3.63) is 52.6 Å². The number of nitrogens with zero attached hydrogens (tertiary/aromatic N) is 3. The van der Waals surface area contributed by atoms with E-state index in [2.05, 4.69) is 34.6 Å². The number of guanidine groups is 1. The number of aryl methyl sites for hydroxylation is 2. The van der Waals surface area contributed by atoms with Gasteiger partial charge in [-0.1, -0.05) is 12.1 Å². The molecule has 1 aromatic heterocycles. The third kappa shape index (κ3) is 5.31. The molecule has 2 N–H and O–H groups in total. The van der Waals surface area contributed by atoms with E-state index >= 15 is 0 Å². The second-order valence-electron chi connectivity index (χ2n) is 6.40. The summed E-state index contributed by atoms with van der Waals surface area (Å²) in [4.78, 5) is 4.28. The quantitative estimate of drug-likeness (QED) is 0.625. The van der Waals surface area contributed by atoms with Crippen molar-refractivity contribution in [1.29, 1.82) is 0 Å². The Morgan fingerprint density at radius 3 is 2.52 bits per heavy atom. The van der Waals surface area contributed by atoms with Gasteiger partial charge in [-0.05, 0) is 56.9 Å².